The SMILES string of the molecule is Cc1cc(C)cc(NC(=O)C(C)(C)C(=O)N2CCN(Cc3ccccc3)CC2)c1. The molecule has 1 N–H and O–H groups in total. The lowest BCUT2D eigenvalue weighted by molar-refractivity contribution is -0.147. The molecule has 0 atom stereocenters. The third-order valence-electron chi connectivity index (χ3n) is 5.49. The van der Waals surface area contributed by atoms with Crippen molar-refractivity contribution in [1.82, 2.24) is 9.80 Å². The highest BCUT2D eigenvalue weighted by Crippen LogP contribution is 2.24. The molecule has 0 aromatic heterocycles. The molecule has 0 spiro atoms. The molecule has 2 aromatic carbocycles. The maximum Gasteiger partial charge on any atom is 0.239 e. The van der Waals surface area contributed by atoms with Crippen LogP contribution >= 0.6 is 0 Å². The van der Waals surface area contributed by atoms with Crippen molar-refractivity contribution in [3.63, 3.8) is 0 Å². The van der Waals surface area contributed by atoms with Crippen molar-refractivity contribution < 1.29 is 9.59 Å². The molecule has 154 valence electrons. The zero-order valence-electron chi connectivity index (χ0n) is 17.9. The summed E-state index contributed by atoms with van der Waals surface area (Å²) >= 11 is 0. The second kappa shape index (κ2) is 8.78. The highest BCUT2D eigenvalue weighted by atomic mass is 16.2. The van der Waals surface area contributed by atoms with Gasteiger partial charge in [-0.2, -0.15) is 0 Å². The lowest BCUT2D eigenvalue weighted by Crippen LogP contribution is -2.54. The molecule has 5 heteroatoms. The van der Waals surface area contributed by atoms with E-state index in [9.17, 15) is 9.59 Å². The average molecular weight is 394 g/mol. The first-order chi connectivity index (χ1) is 13.8. The number of hydrogen-bond donors (Lipinski definition) is 1. The van der Waals surface area contributed by atoms with Crippen molar-refractivity contribution in [2.75, 3.05) is 31.5 Å². The highest BCUT2D eigenvalue weighted by Gasteiger charge is 2.40. The van der Waals surface area contributed by atoms with Crippen LogP contribution in [0.3, 0.4) is 0 Å². The van der Waals surface area contributed by atoms with Crippen LogP contribution in [0.2, 0.25) is 0 Å². The van der Waals surface area contributed by atoms with Crippen LogP contribution in [0.1, 0.15) is 30.5 Å². The van der Waals surface area contributed by atoms with Gasteiger partial charge < -0.3 is 10.2 Å². The Hall–Kier alpha value is -2.66. The van der Waals surface area contributed by atoms with Crippen molar-refractivity contribution in [1.29, 1.82) is 0 Å². The minimum atomic E-state index is -1.11. The normalized spacial score (nSPS) is 15.2. The van der Waals surface area contributed by atoms with E-state index in [4.69, 9.17) is 0 Å². The summed E-state index contributed by atoms with van der Waals surface area (Å²) in [5, 5.41) is 2.93. The van der Waals surface area contributed by atoms with E-state index in [0.717, 1.165) is 36.4 Å². The van der Waals surface area contributed by atoms with E-state index in [2.05, 4.69) is 28.4 Å². The summed E-state index contributed by atoms with van der Waals surface area (Å²) in [4.78, 5) is 30.1. The molecule has 1 fully saturated rings. The number of carbonyl (C=O) groups excluding carboxylic acids is 2. The van der Waals surface area contributed by atoms with Crippen molar-refractivity contribution in [3.05, 3.63) is 65.2 Å². The number of amides is 2. The Labute approximate surface area is 173 Å². The zero-order valence-corrected chi connectivity index (χ0v) is 17.9. The maximum atomic E-state index is 13.1. The fraction of sp³-hybridized carbons (Fsp3) is 0.417. The van der Waals surface area contributed by atoms with Gasteiger partial charge in [-0.1, -0.05) is 36.4 Å². The number of carbonyl (C=O) groups is 2. The van der Waals surface area contributed by atoms with Gasteiger partial charge in [0.05, 0.1) is 0 Å². The van der Waals surface area contributed by atoms with Crippen molar-refractivity contribution >= 4 is 17.5 Å². The van der Waals surface area contributed by atoms with Crippen LogP contribution in [0.5, 0.6) is 0 Å². The van der Waals surface area contributed by atoms with E-state index in [1.54, 1.807) is 13.8 Å². The molecule has 0 unspecified atom stereocenters. The first kappa shape index (κ1) is 21.1. The Morgan fingerprint density at radius 2 is 1.52 bits per heavy atom. The molecule has 0 saturated carbocycles. The summed E-state index contributed by atoms with van der Waals surface area (Å²) in [5.41, 5.74) is 3.07. The van der Waals surface area contributed by atoms with E-state index < -0.39 is 5.41 Å². The number of rotatable bonds is 5. The first-order valence-corrected chi connectivity index (χ1v) is 10.2. The summed E-state index contributed by atoms with van der Waals surface area (Å²) < 4.78 is 0. The second-order valence-electron chi connectivity index (χ2n) is 8.51. The number of anilines is 1. The van der Waals surface area contributed by atoms with Gasteiger partial charge in [-0.15, -0.1) is 0 Å². The molecule has 1 aliphatic heterocycles. The minimum Gasteiger partial charge on any atom is -0.339 e. The molecule has 29 heavy (non-hydrogen) atoms. The Morgan fingerprint density at radius 3 is 2.10 bits per heavy atom. The van der Waals surface area contributed by atoms with E-state index >= 15 is 0 Å². The van der Waals surface area contributed by atoms with E-state index in [1.165, 1.54) is 5.56 Å². The van der Waals surface area contributed by atoms with Gasteiger partial charge in [0.25, 0.3) is 0 Å². The standard InChI is InChI=1S/C24H31N3O2/c1-18-14-19(2)16-21(15-18)25-22(28)24(3,4)23(29)27-12-10-26(11-13-27)17-20-8-6-5-7-9-20/h5-9,14-16H,10-13,17H2,1-4H3,(H,25,28). The van der Waals surface area contributed by atoms with Crippen LogP contribution in [-0.4, -0.2) is 47.8 Å². The Balaban J connectivity index is 1.58. The quantitative estimate of drug-likeness (QED) is 0.790. The smallest absolute Gasteiger partial charge is 0.239 e. The molecule has 0 bridgehead atoms. The predicted octanol–water partition coefficient (Wildman–Crippen LogP) is 3.61. The Morgan fingerprint density at radius 1 is 0.931 bits per heavy atom. The second-order valence-corrected chi connectivity index (χ2v) is 8.51. The van der Waals surface area contributed by atoms with Crippen LogP contribution < -0.4 is 5.32 Å². The number of nitrogens with one attached hydrogen (secondary N) is 1. The van der Waals surface area contributed by atoms with Crippen LogP contribution in [-0.2, 0) is 16.1 Å². The average Bonchev–Trinajstić information content (AvgIpc) is 2.68. The van der Waals surface area contributed by atoms with Gasteiger partial charge in [0.15, 0.2) is 0 Å². The van der Waals surface area contributed by atoms with Crippen LogP contribution in [0.25, 0.3) is 0 Å². The molecule has 0 radical (unpaired) electrons. The number of benzene rings is 2. The van der Waals surface area contributed by atoms with Crippen molar-refractivity contribution in [2.24, 2.45) is 5.41 Å². The topological polar surface area (TPSA) is 52.7 Å². The third-order valence-corrected chi connectivity index (χ3v) is 5.49. The Kier molecular flexibility index (Phi) is 6.38. The minimum absolute atomic E-state index is 0.112. The number of piperazine rings is 1. The summed E-state index contributed by atoms with van der Waals surface area (Å²) in [7, 11) is 0. The van der Waals surface area contributed by atoms with Gasteiger partial charge in [0.2, 0.25) is 11.8 Å². The van der Waals surface area contributed by atoms with Gasteiger partial charge in [0.1, 0.15) is 5.41 Å². The highest BCUT2D eigenvalue weighted by molar-refractivity contribution is 6.09. The molecule has 2 aromatic rings. The van der Waals surface area contributed by atoms with Crippen molar-refractivity contribution in [2.45, 2.75) is 34.2 Å². The van der Waals surface area contributed by atoms with Crippen LogP contribution in [0.15, 0.2) is 48.5 Å². The molecule has 1 saturated heterocycles. The number of nitrogens with zero attached hydrogens (tertiary/aromatic N) is 2. The molecule has 3 rings (SSSR count). The largest absolute Gasteiger partial charge is 0.339 e. The van der Waals surface area contributed by atoms with Crippen molar-refractivity contribution in [3.8, 4) is 0 Å². The summed E-state index contributed by atoms with van der Waals surface area (Å²) in [6, 6.07) is 16.3. The molecule has 2 amide bonds. The maximum absolute atomic E-state index is 13.1. The molecule has 1 heterocycles. The third kappa shape index (κ3) is 5.24. The monoisotopic (exact) mass is 393 g/mol. The summed E-state index contributed by atoms with van der Waals surface area (Å²) in [6.07, 6.45) is 0. The molecule has 1 aliphatic rings. The van der Waals surface area contributed by atoms with Gasteiger partial charge in [-0.3, -0.25) is 14.5 Å². The fourth-order valence-corrected chi connectivity index (χ4v) is 3.78. The predicted molar refractivity (Wildman–Crippen MR) is 117 cm³/mol. The molecular formula is C24H31N3O2. The number of hydrogen-bond acceptors (Lipinski definition) is 3. The molecule has 0 aliphatic carbocycles. The Bertz CT molecular complexity index is 849. The van der Waals surface area contributed by atoms with E-state index in [0.29, 0.717) is 13.1 Å². The van der Waals surface area contributed by atoms with Gasteiger partial charge in [0, 0.05) is 38.4 Å². The fourth-order valence-electron chi connectivity index (χ4n) is 3.78. The zero-order chi connectivity index (χ0) is 21.0. The van der Waals surface area contributed by atoms with E-state index in [1.807, 2.05) is 49.1 Å². The number of aryl methyl sites for hydroxylation is 2. The van der Waals surface area contributed by atoms with Gasteiger partial charge >= 0.3 is 0 Å². The molecule has 5 nitrogen and oxygen atoms in total. The van der Waals surface area contributed by atoms with Crippen LogP contribution in [0.4, 0.5) is 5.69 Å². The van der Waals surface area contributed by atoms with Gasteiger partial charge in [-0.25, -0.2) is 0 Å². The van der Waals surface area contributed by atoms with Gasteiger partial charge in [-0.05, 0) is 56.5 Å². The van der Waals surface area contributed by atoms with E-state index in [-0.39, 0.29) is 11.8 Å². The first-order valence-electron chi connectivity index (χ1n) is 10.2. The molecular weight excluding hydrogens is 362 g/mol. The summed E-state index contributed by atoms with van der Waals surface area (Å²) in [5.74, 6) is -0.377. The lowest BCUT2D eigenvalue weighted by Gasteiger charge is -2.38. The van der Waals surface area contributed by atoms with Crippen LogP contribution in [0, 0.1) is 19.3 Å². The lowest BCUT2D eigenvalue weighted by atomic mass is 9.89. The summed E-state index contributed by atoms with van der Waals surface area (Å²) in [6.45, 7) is 11.2.